The second-order valence-electron chi connectivity index (χ2n) is 7.38. The van der Waals surface area contributed by atoms with Crippen molar-refractivity contribution in [2.45, 2.75) is 38.4 Å². The number of hydrogen-bond donors (Lipinski definition) is 1. The molecule has 6 nitrogen and oxygen atoms in total. The molecule has 0 bridgehead atoms. The number of halogens is 1. The number of pyridine rings is 1. The van der Waals surface area contributed by atoms with E-state index < -0.39 is 0 Å². The van der Waals surface area contributed by atoms with E-state index in [2.05, 4.69) is 46.4 Å². The highest BCUT2D eigenvalue weighted by molar-refractivity contribution is 14.0. The number of benzene rings is 1. The van der Waals surface area contributed by atoms with E-state index in [1.54, 1.807) is 0 Å². The molecule has 0 aliphatic carbocycles. The average Bonchev–Trinajstić information content (AvgIpc) is 3.28. The van der Waals surface area contributed by atoms with Crippen LogP contribution in [0.3, 0.4) is 0 Å². The minimum absolute atomic E-state index is 0. The van der Waals surface area contributed by atoms with Gasteiger partial charge in [0.15, 0.2) is 5.96 Å². The summed E-state index contributed by atoms with van der Waals surface area (Å²) in [5.74, 6) is 0.974. The molecule has 3 heterocycles. The maximum atomic E-state index is 5.98. The van der Waals surface area contributed by atoms with Gasteiger partial charge in [-0.3, -0.25) is 9.98 Å². The lowest BCUT2D eigenvalue weighted by molar-refractivity contribution is -0.0817. The van der Waals surface area contributed by atoms with E-state index in [1.165, 1.54) is 10.9 Å². The van der Waals surface area contributed by atoms with Crippen LogP contribution in [0, 0.1) is 0 Å². The van der Waals surface area contributed by atoms with Gasteiger partial charge in [-0.2, -0.15) is 0 Å². The number of aliphatic imine (C=N–C) groups is 1. The van der Waals surface area contributed by atoms with Crippen LogP contribution in [0.2, 0.25) is 0 Å². The van der Waals surface area contributed by atoms with Gasteiger partial charge in [-0.1, -0.05) is 24.3 Å². The van der Waals surface area contributed by atoms with Gasteiger partial charge in [-0.05, 0) is 37.8 Å². The Balaban J connectivity index is 0.00000240. The monoisotopic (exact) mass is 510 g/mol. The molecular weight excluding hydrogens is 479 g/mol. The molecule has 7 heteroatoms. The highest BCUT2D eigenvalue weighted by Crippen LogP contribution is 2.21. The fourth-order valence-corrected chi connectivity index (χ4v) is 4.07. The molecule has 1 aromatic heterocycles. The summed E-state index contributed by atoms with van der Waals surface area (Å²) in [5, 5.41) is 4.63. The third-order valence-corrected chi connectivity index (χ3v) is 5.47. The molecule has 158 valence electrons. The van der Waals surface area contributed by atoms with Gasteiger partial charge in [-0.25, -0.2) is 0 Å². The summed E-state index contributed by atoms with van der Waals surface area (Å²) < 4.78 is 11.8. The third kappa shape index (κ3) is 5.58. The predicted octanol–water partition coefficient (Wildman–Crippen LogP) is 3.24. The summed E-state index contributed by atoms with van der Waals surface area (Å²) in [6, 6.07) is 10.5. The van der Waals surface area contributed by atoms with Crippen LogP contribution >= 0.6 is 24.0 Å². The van der Waals surface area contributed by atoms with Gasteiger partial charge in [0, 0.05) is 44.4 Å². The van der Waals surface area contributed by atoms with Crippen LogP contribution < -0.4 is 5.32 Å². The van der Waals surface area contributed by atoms with Gasteiger partial charge in [0.25, 0.3) is 0 Å². The van der Waals surface area contributed by atoms with E-state index in [0.29, 0.717) is 0 Å². The minimum atomic E-state index is 0. The maximum absolute atomic E-state index is 5.98. The van der Waals surface area contributed by atoms with Gasteiger partial charge < -0.3 is 19.7 Å². The van der Waals surface area contributed by atoms with Crippen LogP contribution in [-0.4, -0.2) is 67.4 Å². The zero-order chi connectivity index (χ0) is 19.2. The number of morpholine rings is 1. The summed E-state index contributed by atoms with van der Waals surface area (Å²) in [6.45, 7) is 7.00. The Labute approximate surface area is 190 Å². The Bertz CT molecular complexity index is 805. The first kappa shape index (κ1) is 22.2. The highest BCUT2D eigenvalue weighted by Gasteiger charge is 2.32. The summed E-state index contributed by atoms with van der Waals surface area (Å²) in [7, 11) is 0. The first-order valence-corrected chi connectivity index (χ1v) is 10.4. The summed E-state index contributed by atoms with van der Waals surface area (Å²) in [5.41, 5.74) is 2.33. The topological polar surface area (TPSA) is 59.0 Å². The quantitative estimate of drug-likeness (QED) is 0.381. The lowest BCUT2D eigenvalue weighted by atomic mass is 10.1. The largest absolute Gasteiger partial charge is 0.375 e. The molecular formula is C22H31IN4O2. The van der Waals surface area contributed by atoms with E-state index >= 15 is 0 Å². The Morgan fingerprint density at radius 1 is 1.21 bits per heavy atom. The molecule has 1 N–H and O–H groups in total. The van der Waals surface area contributed by atoms with Crippen LogP contribution in [0.15, 0.2) is 41.5 Å². The second kappa shape index (κ2) is 11.1. The van der Waals surface area contributed by atoms with Crippen LogP contribution in [0.5, 0.6) is 0 Å². The molecule has 2 aliphatic rings. The zero-order valence-electron chi connectivity index (χ0n) is 17.0. The van der Waals surface area contributed by atoms with Gasteiger partial charge in [0.1, 0.15) is 6.10 Å². The fourth-order valence-electron chi connectivity index (χ4n) is 4.07. The molecule has 2 aliphatic heterocycles. The van der Waals surface area contributed by atoms with Crippen molar-refractivity contribution in [1.82, 2.24) is 15.2 Å². The van der Waals surface area contributed by atoms with Gasteiger partial charge in [0.2, 0.25) is 0 Å². The Morgan fingerprint density at radius 3 is 2.90 bits per heavy atom. The molecule has 1 aromatic carbocycles. The number of aromatic nitrogens is 1. The molecule has 4 rings (SSSR count). The second-order valence-corrected chi connectivity index (χ2v) is 7.38. The zero-order valence-corrected chi connectivity index (χ0v) is 19.4. The molecule has 0 saturated carbocycles. The third-order valence-electron chi connectivity index (χ3n) is 5.47. The molecule has 0 radical (unpaired) electrons. The number of ether oxygens (including phenoxy) is 2. The summed E-state index contributed by atoms with van der Waals surface area (Å²) >= 11 is 0. The Kier molecular flexibility index (Phi) is 8.50. The molecule has 2 fully saturated rings. The molecule has 0 amide bonds. The van der Waals surface area contributed by atoms with E-state index in [0.717, 1.165) is 70.1 Å². The van der Waals surface area contributed by atoms with E-state index in [1.807, 2.05) is 12.3 Å². The van der Waals surface area contributed by atoms with Gasteiger partial charge in [-0.15, -0.1) is 24.0 Å². The van der Waals surface area contributed by atoms with Crippen molar-refractivity contribution < 1.29 is 9.47 Å². The standard InChI is InChI=1S/C22H30N4O2.HI/c1-2-23-22(26-13-15-28-20(16-26)19-9-5-14-27-19)25-12-10-18-7-3-6-17-8-4-11-24-21(17)18;/h3-4,6-8,11,19-20H,2,5,9-10,12-16H2,1H3,(H,23,25);1H. The first-order chi connectivity index (χ1) is 13.8. The highest BCUT2D eigenvalue weighted by atomic mass is 127. The van der Waals surface area contributed by atoms with Crippen molar-refractivity contribution in [3.63, 3.8) is 0 Å². The van der Waals surface area contributed by atoms with Crippen molar-refractivity contribution in [2.75, 3.05) is 39.4 Å². The SMILES string of the molecule is CCNC(=NCCc1cccc2cccnc12)N1CCOC(C2CCCO2)C1.I. The van der Waals surface area contributed by atoms with Crippen LogP contribution in [0.4, 0.5) is 0 Å². The van der Waals surface area contributed by atoms with Crippen molar-refractivity contribution in [1.29, 1.82) is 0 Å². The van der Waals surface area contributed by atoms with E-state index in [-0.39, 0.29) is 36.2 Å². The van der Waals surface area contributed by atoms with E-state index in [4.69, 9.17) is 14.5 Å². The van der Waals surface area contributed by atoms with Crippen molar-refractivity contribution in [3.8, 4) is 0 Å². The predicted molar refractivity (Wildman–Crippen MR) is 127 cm³/mol. The number of fused-ring (bicyclic) bond motifs is 1. The lowest BCUT2D eigenvalue weighted by Gasteiger charge is -2.37. The van der Waals surface area contributed by atoms with Gasteiger partial charge >= 0.3 is 0 Å². The van der Waals surface area contributed by atoms with Crippen LogP contribution in [0.25, 0.3) is 10.9 Å². The van der Waals surface area contributed by atoms with Crippen LogP contribution in [0.1, 0.15) is 25.3 Å². The fraction of sp³-hybridized carbons (Fsp3) is 0.545. The van der Waals surface area contributed by atoms with Gasteiger partial charge in [0.05, 0.1) is 18.2 Å². The Hall–Kier alpha value is -1.45. The molecule has 0 spiro atoms. The summed E-state index contributed by atoms with van der Waals surface area (Å²) in [6.07, 6.45) is 5.34. The molecule has 2 atom stereocenters. The lowest BCUT2D eigenvalue weighted by Crippen LogP contribution is -2.53. The number of guanidine groups is 1. The average molecular weight is 510 g/mol. The summed E-state index contributed by atoms with van der Waals surface area (Å²) in [4.78, 5) is 11.8. The maximum Gasteiger partial charge on any atom is 0.194 e. The van der Waals surface area contributed by atoms with Crippen LogP contribution in [-0.2, 0) is 15.9 Å². The normalized spacial score (nSPS) is 22.5. The molecule has 29 heavy (non-hydrogen) atoms. The van der Waals surface area contributed by atoms with Crippen molar-refractivity contribution in [3.05, 3.63) is 42.1 Å². The van der Waals surface area contributed by atoms with E-state index in [9.17, 15) is 0 Å². The first-order valence-electron chi connectivity index (χ1n) is 10.4. The number of nitrogens with one attached hydrogen (secondary N) is 1. The van der Waals surface area contributed by atoms with Crippen molar-refractivity contribution in [2.24, 2.45) is 4.99 Å². The molecule has 2 unspecified atom stereocenters. The molecule has 2 saturated heterocycles. The van der Waals surface area contributed by atoms with Crippen molar-refractivity contribution >= 4 is 40.8 Å². The number of rotatable bonds is 5. The smallest absolute Gasteiger partial charge is 0.194 e. The number of nitrogens with zero attached hydrogens (tertiary/aromatic N) is 3. The molecule has 2 aromatic rings. The minimum Gasteiger partial charge on any atom is -0.375 e. The number of para-hydroxylation sites is 1. The number of hydrogen-bond acceptors (Lipinski definition) is 4. The Morgan fingerprint density at radius 2 is 2.07 bits per heavy atom.